The Morgan fingerprint density at radius 1 is 1.26 bits per heavy atom. The zero-order chi connectivity index (χ0) is 17.8. The molecule has 0 saturated carbocycles. The standard InChI is InChI=1S/C14H19BrN2O5S/c1-14(2,3)17-12(18)8-22-13(19)10-7-9(5-6-11(10)15)23(20,21)16-4/h5-7,16H,8H2,1-4H3,(H,17,18). The summed E-state index contributed by atoms with van der Waals surface area (Å²) in [4.78, 5) is 23.6. The number of carbonyl (C=O) groups is 2. The molecule has 0 spiro atoms. The van der Waals surface area contributed by atoms with Crippen molar-refractivity contribution in [3.8, 4) is 0 Å². The highest BCUT2D eigenvalue weighted by atomic mass is 79.9. The first-order chi connectivity index (χ1) is 10.5. The second-order valence-electron chi connectivity index (χ2n) is 5.72. The van der Waals surface area contributed by atoms with Crippen LogP contribution in [0.25, 0.3) is 0 Å². The van der Waals surface area contributed by atoms with Crippen LogP contribution in [0.5, 0.6) is 0 Å². The molecule has 0 radical (unpaired) electrons. The van der Waals surface area contributed by atoms with Crippen LogP contribution in [0, 0.1) is 0 Å². The van der Waals surface area contributed by atoms with Gasteiger partial charge in [0.2, 0.25) is 10.0 Å². The van der Waals surface area contributed by atoms with E-state index in [1.54, 1.807) is 20.8 Å². The molecule has 128 valence electrons. The molecule has 23 heavy (non-hydrogen) atoms. The molecular formula is C14H19BrN2O5S. The maximum absolute atomic E-state index is 12.1. The first-order valence-electron chi connectivity index (χ1n) is 6.67. The van der Waals surface area contributed by atoms with E-state index in [9.17, 15) is 18.0 Å². The molecule has 0 heterocycles. The van der Waals surface area contributed by atoms with Crippen molar-refractivity contribution >= 4 is 37.8 Å². The van der Waals surface area contributed by atoms with Crippen LogP contribution in [-0.2, 0) is 19.6 Å². The molecule has 1 aromatic rings. The van der Waals surface area contributed by atoms with Crippen molar-refractivity contribution in [2.75, 3.05) is 13.7 Å². The molecule has 1 aromatic carbocycles. The third kappa shape index (κ3) is 5.92. The Morgan fingerprint density at radius 3 is 2.39 bits per heavy atom. The van der Waals surface area contributed by atoms with Crippen molar-refractivity contribution in [2.45, 2.75) is 31.2 Å². The number of benzene rings is 1. The van der Waals surface area contributed by atoms with Gasteiger partial charge in [-0.05, 0) is 61.9 Å². The minimum absolute atomic E-state index is 0.0184. The van der Waals surface area contributed by atoms with Crippen LogP contribution in [0.3, 0.4) is 0 Å². The number of hydrogen-bond donors (Lipinski definition) is 2. The van der Waals surface area contributed by atoms with E-state index in [0.717, 1.165) is 0 Å². The number of halogens is 1. The summed E-state index contributed by atoms with van der Waals surface area (Å²) in [6.45, 7) is 4.95. The van der Waals surface area contributed by atoms with Gasteiger partial charge in [-0.2, -0.15) is 0 Å². The Kier molecular flexibility index (Phi) is 6.32. The number of sulfonamides is 1. The Labute approximate surface area is 144 Å². The Balaban J connectivity index is 2.88. The fraction of sp³-hybridized carbons (Fsp3) is 0.429. The maximum Gasteiger partial charge on any atom is 0.339 e. The van der Waals surface area contributed by atoms with Gasteiger partial charge in [0.25, 0.3) is 5.91 Å². The first kappa shape index (κ1) is 19.6. The Bertz CT molecular complexity index is 710. The number of rotatable bonds is 5. The SMILES string of the molecule is CNS(=O)(=O)c1ccc(Br)c(C(=O)OCC(=O)NC(C)(C)C)c1. The van der Waals surface area contributed by atoms with Crippen LogP contribution in [-0.4, -0.2) is 39.5 Å². The van der Waals surface area contributed by atoms with E-state index >= 15 is 0 Å². The van der Waals surface area contributed by atoms with Gasteiger partial charge in [-0.3, -0.25) is 4.79 Å². The lowest BCUT2D eigenvalue weighted by molar-refractivity contribution is -0.125. The Hall–Kier alpha value is -1.45. The van der Waals surface area contributed by atoms with Gasteiger partial charge in [-0.1, -0.05) is 0 Å². The van der Waals surface area contributed by atoms with Gasteiger partial charge in [-0.25, -0.2) is 17.9 Å². The molecule has 0 bridgehead atoms. The van der Waals surface area contributed by atoms with Crippen molar-refractivity contribution in [1.82, 2.24) is 10.0 Å². The normalized spacial score (nSPS) is 11.9. The second kappa shape index (κ2) is 7.41. The molecule has 0 saturated heterocycles. The van der Waals surface area contributed by atoms with E-state index < -0.39 is 34.0 Å². The summed E-state index contributed by atoms with van der Waals surface area (Å²) < 4.78 is 31.0. The van der Waals surface area contributed by atoms with Crippen LogP contribution in [0.2, 0.25) is 0 Å². The highest BCUT2D eigenvalue weighted by molar-refractivity contribution is 9.10. The van der Waals surface area contributed by atoms with Gasteiger partial charge < -0.3 is 10.1 Å². The molecule has 1 amide bonds. The number of hydrogen-bond acceptors (Lipinski definition) is 5. The lowest BCUT2D eigenvalue weighted by atomic mass is 10.1. The summed E-state index contributed by atoms with van der Waals surface area (Å²) in [7, 11) is -2.41. The zero-order valence-electron chi connectivity index (χ0n) is 13.3. The van der Waals surface area contributed by atoms with Crippen molar-refractivity contribution in [1.29, 1.82) is 0 Å². The van der Waals surface area contributed by atoms with Crippen LogP contribution in [0.15, 0.2) is 27.6 Å². The van der Waals surface area contributed by atoms with Crippen molar-refractivity contribution in [2.24, 2.45) is 0 Å². The minimum Gasteiger partial charge on any atom is -0.452 e. The minimum atomic E-state index is -3.68. The molecule has 0 atom stereocenters. The van der Waals surface area contributed by atoms with Crippen LogP contribution >= 0.6 is 15.9 Å². The van der Waals surface area contributed by atoms with Gasteiger partial charge in [0, 0.05) is 10.0 Å². The topological polar surface area (TPSA) is 102 Å². The lowest BCUT2D eigenvalue weighted by Gasteiger charge is -2.20. The second-order valence-corrected chi connectivity index (χ2v) is 8.46. The van der Waals surface area contributed by atoms with Gasteiger partial charge in [0.05, 0.1) is 10.5 Å². The molecule has 0 aromatic heterocycles. The molecule has 0 unspecified atom stereocenters. The number of esters is 1. The molecular weight excluding hydrogens is 388 g/mol. The zero-order valence-corrected chi connectivity index (χ0v) is 15.7. The maximum atomic E-state index is 12.1. The van der Waals surface area contributed by atoms with Crippen LogP contribution in [0.1, 0.15) is 31.1 Å². The quantitative estimate of drug-likeness (QED) is 0.720. The lowest BCUT2D eigenvalue weighted by Crippen LogP contribution is -2.42. The van der Waals surface area contributed by atoms with Gasteiger partial charge in [0.15, 0.2) is 6.61 Å². The molecule has 2 N–H and O–H groups in total. The summed E-state index contributed by atoms with van der Waals surface area (Å²) in [5.74, 6) is -1.24. The largest absolute Gasteiger partial charge is 0.452 e. The summed E-state index contributed by atoms with van der Waals surface area (Å²) in [6, 6.07) is 3.95. The summed E-state index contributed by atoms with van der Waals surface area (Å²) >= 11 is 3.16. The van der Waals surface area contributed by atoms with E-state index in [1.165, 1.54) is 25.2 Å². The van der Waals surface area contributed by atoms with E-state index in [0.29, 0.717) is 4.47 Å². The fourth-order valence-electron chi connectivity index (χ4n) is 1.61. The van der Waals surface area contributed by atoms with Crippen LogP contribution in [0.4, 0.5) is 0 Å². The van der Waals surface area contributed by atoms with E-state index in [4.69, 9.17) is 4.74 Å². The molecule has 0 aliphatic rings. The monoisotopic (exact) mass is 406 g/mol. The third-order valence-electron chi connectivity index (χ3n) is 2.59. The van der Waals surface area contributed by atoms with E-state index in [2.05, 4.69) is 26.0 Å². The number of nitrogens with one attached hydrogen (secondary N) is 2. The third-order valence-corrected chi connectivity index (χ3v) is 4.69. The summed E-state index contributed by atoms with van der Waals surface area (Å²) in [6.07, 6.45) is 0. The molecule has 9 heteroatoms. The van der Waals surface area contributed by atoms with Gasteiger partial charge >= 0.3 is 5.97 Å². The number of amides is 1. The predicted octanol–water partition coefficient (Wildman–Crippen LogP) is 1.43. The fourth-order valence-corrected chi connectivity index (χ4v) is 2.77. The van der Waals surface area contributed by atoms with Crippen molar-refractivity contribution < 1.29 is 22.7 Å². The molecule has 0 fully saturated rings. The molecule has 0 aliphatic heterocycles. The van der Waals surface area contributed by atoms with Gasteiger partial charge in [0.1, 0.15) is 0 Å². The summed E-state index contributed by atoms with van der Waals surface area (Å²) in [5, 5.41) is 2.65. The number of carbonyl (C=O) groups excluding carboxylic acids is 2. The highest BCUT2D eigenvalue weighted by Gasteiger charge is 2.20. The average Bonchev–Trinajstić information content (AvgIpc) is 2.43. The van der Waals surface area contributed by atoms with E-state index in [-0.39, 0.29) is 10.5 Å². The van der Waals surface area contributed by atoms with E-state index in [1.807, 2.05) is 0 Å². The number of ether oxygens (including phenoxy) is 1. The molecule has 7 nitrogen and oxygen atoms in total. The molecule has 1 rings (SSSR count). The smallest absolute Gasteiger partial charge is 0.339 e. The Morgan fingerprint density at radius 2 is 1.87 bits per heavy atom. The first-order valence-corrected chi connectivity index (χ1v) is 8.95. The average molecular weight is 407 g/mol. The van der Waals surface area contributed by atoms with Crippen LogP contribution < -0.4 is 10.0 Å². The van der Waals surface area contributed by atoms with Crippen molar-refractivity contribution in [3.05, 3.63) is 28.2 Å². The summed E-state index contributed by atoms with van der Waals surface area (Å²) in [5.41, 5.74) is -0.421. The predicted molar refractivity (Wildman–Crippen MR) is 88.6 cm³/mol. The highest BCUT2D eigenvalue weighted by Crippen LogP contribution is 2.21. The van der Waals surface area contributed by atoms with Gasteiger partial charge in [-0.15, -0.1) is 0 Å². The molecule has 0 aliphatic carbocycles. The van der Waals surface area contributed by atoms with Crippen molar-refractivity contribution in [3.63, 3.8) is 0 Å².